The van der Waals surface area contributed by atoms with Crippen LogP contribution in [0.5, 0.6) is 11.5 Å². The van der Waals surface area contributed by atoms with Gasteiger partial charge in [0.1, 0.15) is 0 Å². The molecule has 0 aromatic heterocycles. The smallest absolute Gasteiger partial charge is 0.243 e. The fourth-order valence-electron chi connectivity index (χ4n) is 2.89. The molecule has 1 aliphatic rings. The van der Waals surface area contributed by atoms with Crippen molar-refractivity contribution in [2.24, 2.45) is 0 Å². The lowest BCUT2D eigenvalue weighted by Gasteiger charge is -2.03. The molecule has 0 aliphatic carbocycles. The Morgan fingerprint density at radius 2 is 1.68 bits per heavy atom. The lowest BCUT2D eigenvalue weighted by molar-refractivity contribution is -0.116. The van der Waals surface area contributed by atoms with Crippen LogP contribution in [0.15, 0.2) is 24.3 Å². The highest BCUT2D eigenvalue weighted by molar-refractivity contribution is 5.91. The highest BCUT2D eigenvalue weighted by atomic mass is 16.7. The van der Waals surface area contributed by atoms with Crippen molar-refractivity contribution in [3.8, 4) is 11.5 Å². The van der Waals surface area contributed by atoms with Gasteiger partial charge in [0.15, 0.2) is 11.5 Å². The van der Waals surface area contributed by atoms with Gasteiger partial charge in [0.25, 0.3) is 0 Å². The van der Waals surface area contributed by atoms with E-state index in [1.807, 2.05) is 18.2 Å². The molecule has 0 spiro atoms. The summed E-state index contributed by atoms with van der Waals surface area (Å²) in [5.74, 6) is 1.45. The summed E-state index contributed by atoms with van der Waals surface area (Å²) in [6, 6.07) is 5.66. The number of fused-ring (bicyclic) bond motifs is 1. The molecule has 1 N–H and O–H groups in total. The van der Waals surface area contributed by atoms with Crippen LogP contribution in [0.25, 0.3) is 6.08 Å². The summed E-state index contributed by atoms with van der Waals surface area (Å²) in [6.45, 7) is 3.26. The lowest BCUT2D eigenvalue weighted by atomic mass is 10.1. The summed E-state index contributed by atoms with van der Waals surface area (Å²) in [7, 11) is 0. The van der Waals surface area contributed by atoms with Gasteiger partial charge in [0, 0.05) is 12.6 Å². The third kappa shape index (κ3) is 7.63. The summed E-state index contributed by atoms with van der Waals surface area (Å²) in [5.41, 5.74) is 0.933. The first-order valence-corrected chi connectivity index (χ1v) is 9.65. The second-order valence-electron chi connectivity index (χ2n) is 6.57. The topological polar surface area (TPSA) is 47.6 Å². The molecule has 0 unspecified atom stereocenters. The van der Waals surface area contributed by atoms with Crippen LogP contribution in [-0.4, -0.2) is 19.2 Å². The van der Waals surface area contributed by atoms with Gasteiger partial charge in [0.05, 0.1) is 0 Å². The molecule has 0 saturated heterocycles. The molecule has 1 amide bonds. The summed E-state index contributed by atoms with van der Waals surface area (Å²) in [4.78, 5) is 11.8. The molecule has 0 bridgehead atoms. The van der Waals surface area contributed by atoms with Crippen molar-refractivity contribution in [3.05, 3.63) is 29.8 Å². The quantitative estimate of drug-likeness (QED) is 0.425. The van der Waals surface area contributed by atoms with Crippen LogP contribution in [0.2, 0.25) is 0 Å². The number of amides is 1. The van der Waals surface area contributed by atoms with E-state index in [9.17, 15) is 4.79 Å². The fourth-order valence-corrected chi connectivity index (χ4v) is 2.89. The highest BCUT2D eigenvalue weighted by Gasteiger charge is 2.12. The number of nitrogens with one attached hydrogen (secondary N) is 1. The molecule has 0 radical (unpaired) electrons. The molecular formula is C21H31NO3. The molecule has 1 heterocycles. The molecule has 0 fully saturated rings. The van der Waals surface area contributed by atoms with E-state index >= 15 is 0 Å². The summed E-state index contributed by atoms with van der Waals surface area (Å²) in [5, 5.41) is 2.94. The zero-order valence-electron chi connectivity index (χ0n) is 15.4. The van der Waals surface area contributed by atoms with Crippen LogP contribution in [0.4, 0.5) is 0 Å². The number of carbonyl (C=O) groups excluding carboxylic acids is 1. The average molecular weight is 345 g/mol. The van der Waals surface area contributed by atoms with Crippen LogP contribution in [0.1, 0.15) is 70.3 Å². The number of ether oxygens (including phenoxy) is 2. The SMILES string of the molecule is CCCCCCCCCCCNC(=O)C=Cc1ccc2c(c1)OCO2. The van der Waals surface area contributed by atoms with Crippen molar-refractivity contribution < 1.29 is 14.3 Å². The van der Waals surface area contributed by atoms with Crippen molar-refractivity contribution in [2.75, 3.05) is 13.3 Å². The molecule has 138 valence electrons. The zero-order chi connectivity index (χ0) is 17.7. The first kappa shape index (κ1) is 19.4. The monoisotopic (exact) mass is 345 g/mol. The second-order valence-corrected chi connectivity index (χ2v) is 6.57. The minimum absolute atomic E-state index is 0.0442. The number of benzene rings is 1. The summed E-state index contributed by atoms with van der Waals surface area (Å²) >= 11 is 0. The molecule has 25 heavy (non-hydrogen) atoms. The first-order valence-electron chi connectivity index (χ1n) is 9.65. The molecule has 4 nitrogen and oxygen atoms in total. The minimum atomic E-state index is -0.0442. The number of rotatable bonds is 12. The van der Waals surface area contributed by atoms with E-state index in [2.05, 4.69) is 12.2 Å². The Balaban J connectivity index is 1.51. The second kappa shape index (κ2) is 11.6. The molecular weight excluding hydrogens is 314 g/mol. The van der Waals surface area contributed by atoms with E-state index in [0.717, 1.165) is 30.0 Å². The van der Waals surface area contributed by atoms with Crippen LogP contribution in [0.3, 0.4) is 0 Å². The number of unbranched alkanes of at least 4 members (excludes halogenated alkanes) is 8. The maximum absolute atomic E-state index is 11.8. The van der Waals surface area contributed by atoms with Gasteiger partial charge in [-0.05, 0) is 30.2 Å². The fraction of sp³-hybridized carbons (Fsp3) is 0.571. The molecule has 0 atom stereocenters. The standard InChI is InChI=1S/C21H31NO3/c1-2-3-4-5-6-7-8-9-10-15-22-21(23)14-12-18-11-13-19-20(16-18)25-17-24-19/h11-14,16H,2-10,15,17H2,1H3,(H,22,23). The molecule has 1 aromatic rings. The largest absolute Gasteiger partial charge is 0.454 e. The maximum Gasteiger partial charge on any atom is 0.243 e. The van der Waals surface area contributed by atoms with Gasteiger partial charge in [-0.1, -0.05) is 64.4 Å². The Hall–Kier alpha value is -1.97. The van der Waals surface area contributed by atoms with Gasteiger partial charge in [-0.15, -0.1) is 0 Å². The number of hydrogen-bond donors (Lipinski definition) is 1. The molecule has 2 rings (SSSR count). The predicted molar refractivity (Wildman–Crippen MR) is 102 cm³/mol. The van der Waals surface area contributed by atoms with Crippen LogP contribution in [-0.2, 0) is 4.79 Å². The van der Waals surface area contributed by atoms with Crippen LogP contribution in [0, 0.1) is 0 Å². The van der Waals surface area contributed by atoms with E-state index in [4.69, 9.17) is 9.47 Å². The zero-order valence-corrected chi connectivity index (χ0v) is 15.4. The Kier molecular flexibility index (Phi) is 8.95. The number of carbonyl (C=O) groups is 1. The summed E-state index contributed by atoms with van der Waals surface area (Å²) < 4.78 is 10.6. The third-order valence-corrected chi connectivity index (χ3v) is 4.40. The minimum Gasteiger partial charge on any atom is -0.454 e. The molecule has 4 heteroatoms. The van der Waals surface area contributed by atoms with Gasteiger partial charge in [0.2, 0.25) is 12.7 Å². The van der Waals surface area contributed by atoms with E-state index in [0.29, 0.717) is 0 Å². The van der Waals surface area contributed by atoms with Gasteiger partial charge in [-0.3, -0.25) is 4.79 Å². The Morgan fingerprint density at radius 3 is 2.44 bits per heavy atom. The Bertz CT molecular complexity index is 554. The summed E-state index contributed by atoms with van der Waals surface area (Å²) in [6.07, 6.45) is 15.0. The molecule has 1 aromatic carbocycles. The Labute approximate surface area is 151 Å². The van der Waals surface area contributed by atoms with E-state index < -0.39 is 0 Å². The molecule has 1 aliphatic heterocycles. The van der Waals surface area contributed by atoms with E-state index in [-0.39, 0.29) is 12.7 Å². The predicted octanol–water partition coefficient (Wildman–Crippen LogP) is 5.08. The van der Waals surface area contributed by atoms with Crippen molar-refractivity contribution in [1.29, 1.82) is 0 Å². The van der Waals surface area contributed by atoms with Crippen molar-refractivity contribution in [1.82, 2.24) is 5.32 Å². The van der Waals surface area contributed by atoms with Gasteiger partial charge >= 0.3 is 0 Å². The number of hydrogen-bond acceptors (Lipinski definition) is 3. The van der Waals surface area contributed by atoms with Crippen molar-refractivity contribution in [3.63, 3.8) is 0 Å². The van der Waals surface area contributed by atoms with Gasteiger partial charge in [-0.2, -0.15) is 0 Å². The van der Waals surface area contributed by atoms with Gasteiger partial charge < -0.3 is 14.8 Å². The Morgan fingerprint density at radius 1 is 1.00 bits per heavy atom. The highest BCUT2D eigenvalue weighted by Crippen LogP contribution is 2.32. The normalized spacial score (nSPS) is 12.7. The van der Waals surface area contributed by atoms with Crippen molar-refractivity contribution in [2.45, 2.75) is 64.7 Å². The average Bonchev–Trinajstić information content (AvgIpc) is 3.09. The van der Waals surface area contributed by atoms with E-state index in [1.165, 1.54) is 51.4 Å². The lowest BCUT2D eigenvalue weighted by Crippen LogP contribution is -2.21. The van der Waals surface area contributed by atoms with Crippen molar-refractivity contribution >= 4 is 12.0 Å². The van der Waals surface area contributed by atoms with Crippen LogP contribution >= 0.6 is 0 Å². The maximum atomic E-state index is 11.8. The third-order valence-electron chi connectivity index (χ3n) is 4.40. The first-order chi connectivity index (χ1) is 12.3. The van der Waals surface area contributed by atoms with Gasteiger partial charge in [-0.25, -0.2) is 0 Å². The molecule has 0 saturated carbocycles. The van der Waals surface area contributed by atoms with Crippen LogP contribution < -0.4 is 14.8 Å². The van der Waals surface area contributed by atoms with E-state index in [1.54, 1.807) is 12.2 Å².